The molecule has 1 amide bonds. The predicted molar refractivity (Wildman–Crippen MR) is 89.8 cm³/mol. The zero-order valence-electron chi connectivity index (χ0n) is 12.7. The van der Waals surface area contributed by atoms with E-state index in [9.17, 15) is 4.79 Å². The van der Waals surface area contributed by atoms with E-state index >= 15 is 0 Å². The normalized spacial score (nSPS) is 19.6. The van der Waals surface area contributed by atoms with Crippen LogP contribution in [-0.2, 0) is 0 Å². The summed E-state index contributed by atoms with van der Waals surface area (Å²) in [6, 6.07) is 9.60. The number of aliphatic imine (C=N–C) groups is 1. The summed E-state index contributed by atoms with van der Waals surface area (Å²) >= 11 is 1.81. The lowest BCUT2D eigenvalue weighted by atomic mass is 10.1. The molecule has 1 aromatic carbocycles. The van der Waals surface area contributed by atoms with E-state index in [2.05, 4.69) is 21.4 Å². The van der Waals surface area contributed by atoms with Crippen LogP contribution in [-0.4, -0.2) is 40.0 Å². The quantitative estimate of drug-likeness (QED) is 0.938. The largest absolute Gasteiger partial charge is 0.361 e. The van der Waals surface area contributed by atoms with Gasteiger partial charge in [-0.3, -0.25) is 9.79 Å². The molecule has 3 heterocycles. The van der Waals surface area contributed by atoms with Crippen LogP contribution in [0.3, 0.4) is 0 Å². The van der Waals surface area contributed by atoms with Crippen molar-refractivity contribution in [2.75, 3.05) is 24.2 Å². The first-order valence-electron chi connectivity index (χ1n) is 7.49. The van der Waals surface area contributed by atoms with Gasteiger partial charge in [-0.2, -0.15) is 0 Å². The van der Waals surface area contributed by atoms with Crippen LogP contribution >= 0.6 is 11.8 Å². The van der Waals surface area contributed by atoms with Crippen LogP contribution in [0.25, 0.3) is 0 Å². The maximum atomic E-state index is 12.1. The van der Waals surface area contributed by atoms with Crippen LogP contribution < -0.4 is 5.32 Å². The molecule has 0 aliphatic carbocycles. The Balaban J connectivity index is 1.51. The zero-order valence-corrected chi connectivity index (χ0v) is 13.5. The Morgan fingerprint density at radius 3 is 3.13 bits per heavy atom. The Kier molecular flexibility index (Phi) is 3.57. The Morgan fingerprint density at radius 1 is 1.43 bits per heavy atom. The number of aromatic nitrogens is 1. The average Bonchev–Trinajstić information content (AvgIpc) is 3.22. The fraction of sp³-hybridized carbons (Fsp3) is 0.312. The third kappa shape index (κ3) is 2.84. The van der Waals surface area contributed by atoms with Gasteiger partial charge < -0.3 is 14.7 Å². The fourth-order valence-electron chi connectivity index (χ4n) is 2.78. The zero-order chi connectivity index (χ0) is 15.8. The van der Waals surface area contributed by atoms with E-state index in [1.165, 1.54) is 0 Å². The molecule has 1 N–H and O–H groups in total. The van der Waals surface area contributed by atoms with Gasteiger partial charge in [0, 0.05) is 30.6 Å². The van der Waals surface area contributed by atoms with Crippen LogP contribution in [0.15, 0.2) is 39.8 Å². The summed E-state index contributed by atoms with van der Waals surface area (Å²) in [7, 11) is 0. The number of benzene rings is 1. The number of hydrogen-bond donors (Lipinski definition) is 1. The van der Waals surface area contributed by atoms with Crippen molar-refractivity contribution in [1.29, 1.82) is 0 Å². The van der Waals surface area contributed by atoms with Gasteiger partial charge in [-0.25, -0.2) is 0 Å². The second-order valence-corrected chi connectivity index (χ2v) is 6.69. The minimum absolute atomic E-state index is 0.143. The monoisotopic (exact) mass is 328 g/mol. The minimum Gasteiger partial charge on any atom is -0.361 e. The van der Waals surface area contributed by atoms with E-state index in [4.69, 9.17) is 9.52 Å². The van der Waals surface area contributed by atoms with Crippen LogP contribution in [0.2, 0.25) is 0 Å². The average molecular weight is 328 g/mol. The number of fused-ring (bicyclic) bond motifs is 1. The molecule has 2 aromatic rings. The summed E-state index contributed by atoms with van der Waals surface area (Å²) in [5.41, 5.74) is 2.14. The summed E-state index contributed by atoms with van der Waals surface area (Å²) in [5, 5.41) is 7.73. The number of anilines is 1. The molecule has 0 saturated carbocycles. The van der Waals surface area contributed by atoms with Gasteiger partial charge in [-0.05, 0) is 24.6 Å². The first-order valence-corrected chi connectivity index (χ1v) is 8.48. The Morgan fingerprint density at radius 2 is 2.35 bits per heavy atom. The van der Waals surface area contributed by atoms with Gasteiger partial charge in [-0.1, -0.05) is 29.1 Å². The van der Waals surface area contributed by atoms with Crippen molar-refractivity contribution >= 4 is 28.5 Å². The molecular weight excluding hydrogens is 312 g/mol. The van der Waals surface area contributed by atoms with Crippen molar-refractivity contribution in [3.63, 3.8) is 0 Å². The third-order valence-corrected chi connectivity index (χ3v) is 4.92. The Labute approximate surface area is 137 Å². The summed E-state index contributed by atoms with van der Waals surface area (Å²) in [6.45, 7) is 3.75. The van der Waals surface area contributed by atoms with Crippen molar-refractivity contribution in [2.45, 2.75) is 13.0 Å². The van der Waals surface area contributed by atoms with Crippen molar-refractivity contribution in [3.05, 3.63) is 47.3 Å². The Bertz CT molecular complexity index is 786. The number of carbonyl (C=O) groups excluding carboxylic acids is 1. The van der Waals surface area contributed by atoms with Gasteiger partial charge in [-0.15, -0.1) is 0 Å². The second-order valence-electron chi connectivity index (χ2n) is 5.62. The van der Waals surface area contributed by atoms with Crippen molar-refractivity contribution in [2.24, 2.45) is 4.99 Å². The first kappa shape index (κ1) is 14.3. The molecule has 0 radical (unpaired) electrons. The lowest BCUT2D eigenvalue weighted by Crippen LogP contribution is -2.21. The number of nitrogens with zero attached hydrogens (tertiary/aromatic N) is 3. The molecule has 4 rings (SSSR count). The topological polar surface area (TPSA) is 70.7 Å². The molecule has 1 saturated heterocycles. The van der Waals surface area contributed by atoms with Crippen molar-refractivity contribution in [1.82, 2.24) is 10.1 Å². The molecule has 118 valence electrons. The number of rotatable bonds is 3. The molecule has 0 bridgehead atoms. The maximum absolute atomic E-state index is 12.1. The molecule has 2 aliphatic heterocycles. The number of amidine groups is 1. The maximum Gasteiger partial charge on any atom is 0.277 e. The van der Waals surface area contributed by atoms with E-state index in [1.54, 1.807) is 13.0 Å². The van der Waals surface area contributed by atoms with E-state index in [0.717, 1.165) is 35.3 Å². The highest BCUT2D eigenvalue weighted by molar-refractivity contribution is 8.14. The van der Waals surface area contributed by atoms with Crippen molar-refractivity contribution in [3.8, 4) is 0 Å². The van der Waals surface area contributed by atoms with Crippen molar-refractivity contribution < 1.29 is 9.32 Å². The Hall–Kier alpha value is -2.28. The fourth-order valence-corrected chi connectivity index (χ4v) is 3.82. The molecule has 2 aliphatic rings. The molecule has 1 unspecified atom stereocenters. The predicted octanol–water partition coefficient (Wildman–Crippen LogP) is 2.69. The van der Waals surface area contributed by atoms with Crippen LogP contribution in [0.1, 0.15) is 27.9 Å². The highest BCUT2D eigenvalue weighted by Crippen LogP contribution is 2.33. The van der Waals surface area contributed by atoms with Crippen LogP contribution in [0.5, 0.6) is 0 Å². The molecule has 1 aromatic heterocycles. The van der Waals surface area contributed by atoms with Gasteiger partial charge >= 0.3 is 0 Å². The lowest BCUT2D eigenvalue weighted by molar-refractivity contribution is 0.101. The van der Waals surface area contributed by atoms with Crippen LogP contribution in [0, 0.1) is 6.92 Å². The van der Waals surface area contributed by atoms with Gasteiger partial charge in [0.2, 0.25) is 0 Å². The molecule has 0 spiro atoms. The number of thioether (sulfide) groups is 1. The second kappa shape index (κ2) is 5.73. The number of amides is 1. The van der Waals surface area contributed by atoms with E-state index < -0.39 is 0 Å². The summed E-state index contributed by atoms with van der Waals surface area (Å²) in [4.78, 5) is 19.2. The molecule has 6 nitrogen and oxygen atoms in total. The summed E-state index contributed by atoms with van der Waals surface area (Å²) in [6.07, 6.45) is 0. The van der Waals surface area contributed by atoms with Gasteiger partial charge in [0.05, 0.1) is 6.04 Å². The van der Waals surface area contributed by atoms with Gasteiger partial charge in [0.15, 0.2) is 10.9 Å². The first-order chi connectivity index (χ1) is 11.2. The SMILES string of the molecule is Cc1cc(C(=O)Nc2cccc(C3CN4CCSC4=N3)c2)no1. The molecule has 1 fully saturated rings. The highest BCUT2D eigenvalue weighted by atomic mass is 32.2. The van der Waals surface area contributed by atoms with Gasteiger partial charge in [0.1, 0.15) is 5.76 Å². The minimum atomic E-state index is -0.270. The van der Waals surface area contributed by atoms with E-state index in [-0.39, 0.29) is 17.6 Å². The third-order valence-electron chi connectivity index (χ3n) is 3.91. The molecular formula is C16H16N4O2S. The standard InChI is InChI=1S/C16H16N4O2S/c1-10-7-13(19-22-10)15(21)17-12-4-2-3-11(8-12)14-9-20-5-6-23-16(20)18-14/h2-4,7-8,14H,5-6,9H2,1H3,(H,17,21). The summed E-state index contributed by atoms with van der Waals surface area (Å²) < 4.78 is 4.93. The molecule has 7 heteroatoms. The number of hydrogen-bond acceptors (Lipinski definition) is 6. The van der Waals surface area contributed by atoms with E-state index in [1.807, 2.05) is 30.0 Å². The molecule has 1 atom stereocenters. The van der Waals surface area contributed by atoms with E-state index in [0.29, 0.717) is 5.76 Å². The van der Waals surface area contributed by atoms with Gasteiger partial charge in [0.25, 0.3) is 5.91 Å². The number of nitrogens with one attached hydrogen (secondary N) is 1. The smallest absolute Gasteiger partial charge is 0.277 e. The number of aryl methyl sites for hydroxylation is 1. The van der Waals surface area contributed by atoms with Crippen LogP contribution in [0.4, 0.5) is 5.69 Å². The summed E-state index contributed by atoms with van der Waals surface area (Å²) in [5.74, 6) is 1.47. The number of carbonyl (C=O) groups is 1. The highest BCUT2D eigenvalue weighted by Gasteiger charge is 2.30. The lowest BCUT2D eigenvalue weighted by Gasteiger charge is -2.13. The molecule has 23 heavy (non-hydrogen) atoms.